The van der Waals surface area contributed by atoms with E-state index >= 15 is 0 Å². The number of nitrogens with zero attached hydrogens (tertiary/aromatic N) is 7. The molecule has 0 radical (unpaired) electrons. The van der Waals surface area contributed by atoms with Crippen molar-refractivity contribution >= 4 is 28.7 Å². The third-order valence-electron chi connectivity index (χ3n) is 4.82. The van der Waals surface area contributed by atoms with Crippen LogP contribution in [0.2, 0.25) is 0 Å². The Bertz CT molecular complexity index is 1190. The van der Waals surface area contributed by atoms with Gasteiger partial charge in [-0.1, -0.05) is 0 Å². The van der Waals surface area contributed by atoms with Gasteiger partial charge < -0.3 is 14.8 Å². The molecule has 1 aliphatic rings. The second-order valence-corrected chi connectivity index (χ2v) is 8.12. The molecule has 10 nitrogen and oxygen atoms in total. The van der Waals surface area contributed by atoms with Gasteiger partial charge in [-0.15, -0.1) is 11.3 Å². The quantitative estimate of drug-likeness (QED) is 0.491. The highest BCUT2D eigenvalue weighted by Crippen LogP contribution is 2.39. The normalized spacial score (nSPS) is 13.4. The number of thiazole rings is 1. The summed E-state index contributed by atoms with van der Waals surface area (Å²) in [7, 11) is 3.89. The molecule has 30 heavy (non-hydrogen) atoms. The predicted octanol–water partition coefficient (Wildman–Crippen LogP) is 2.70. The zero-order chi connectivity index (χ0) is 20.7. The average Bonchev–Trinajstić information content (AvgIpc) is 3.17. The van der Waals surface area contributed by atoms with Crippen molar-refractivity contribution in [3.05, 3.63) is 47.9 Å². The Morgan fingerprint density at radius 3 is 2.90 bits per heavy atom. The van der Waals surface area contributed by atoms with Crippen molar-refractivity contribution < 1.29 is 4.79 Å². The molecule has 1 aliphatic carbocycles. The second kappa shape index (κ2) is 7.34. The summed E-state index contributed by atoms with van der Waals surface area (Å²) in [6.07, 6.45) is 9.31. The number of amides is 1. The number of hydrogen-bond donors (Lipinski definition) is 2. The zero-order valence-corrected chi connectivity index (χ0v) is 17.2. The fourth-order valence-corrected chi connectivity index (χ4v) is 3.80. The molecule has 4 aromatic heterocycles. The third-order valence-corrected chi connectivity index (χ3v) is 5.66. The van der Waals surface area contributed by atoms with E-state index in [1.807, 2.05) is 29.8 Å². The number of carbonyl (C=O) groups is 1. The second-order valence-electron chi connectivity index (χ2n) is 7.26. The largest absolute Gasteiger partial charge is 0.375 e. The number of pyridine rings is 1. The van der Waals surface area contributed by atoms with Gasteiger partial charge in [0, 0.05) is 31.6 Å². The molecule has 0 aromatic carbocycles. The summed E-state index contributed by atoms with van der Waals surface area (Å²) in [6.45, 7) is 0. The van der Waals surface area contributed by atoms with Crippen LogP contribution in [-0.2, 0) is 0 Å². The smallest absolute Gasteiger partial charge is 0.275 e. The molecule has 1 saturated carbocycles. The van der Waals surface area contributed by atoms with Gasteiger partial charge in [0.2, 0.25) is 0 Å². The molecule has 0 aliphatic heterocycles. The first-order chi connectivity index (χ1) is 14.6. The lowest BCUT2D eigenvalue weighted by Gasteiger charge is -2.18. The van der Waals surface area contributed by atoms with E-state index in [1.54, 1.807) is 24.0 Å². The standard InChI is InChI=1S/C19H19N9OS/c1-27(2)15-6-20-12(5-14(15)28-7-13(22-10-28)11-3-4-11)18(29)24-16-8-30-19(25-16)17-21-9-23-26-17/h5-11H,3-4H2,1-2H3,(H,24,29)(H,21,23,26). The molecule has 0 saturated heterocycles. The molecule has 5 rings (SSSR count). The average molecular weight is 421 g/mol. The van der Waals surface area contributed by atoms with Gasteiger partial charge in [-0.05, 0) is 18.9 Å². The highest BCUT2D eigenvalue weighted by Gasteiger charge is 2.26. The molecule has 152 valence electrons. The minimum absolute atomic E-state index is 0.298. The molecule has 4 aromatic rings. The number of aromatic nitrogens is 7. The number of aromatic amines is 1. The van der Waals surface area contributed by atoms with Gasteiger partial charge in [0.1, 0.15) is 17.8 Å². The van der Waals surface area contributed by atoms with Crippen molar-refractivity contribution in [2.75, 3.05) is 24.3 Å². The molecule has 2 N–H and O–H groups in total. The van der Waals surface area contributed by atoms with Crippen molar-refractivity contribution in [1.29, 1.82) is 0 Å². The number of H-pyrrole nitrogens is 1. The van der Waals surface area contributed by atoms with E-state index in [1.165, 1.54) is 30.5 Å². The fraction of sp³-hybridized carbons (Fsp3) is 0.263. The van der Waals surface area contributed by atoms with Crippen molar-refractivity contribution in [2.45, 2.75) is 18.8 Å². The van der Waals surface area contributed by atoms with Gasteiger partial charge in [0.15, 0.2) is 10.8 Å². The van der Waals surface area contributed by atoms with E-state index in [9.17, 15) is 4.79 Å². The number of hydrogen-bond acceptors (Lipinski definition) is 8. The first-order valence-electron chi connectivity index (χ1n) is 9.42. The maximum Gasteiger partial charge on any atom is 0.275 e. The van der Waals surface area contributed by atoms with Crippen LogP contribution in [0.25, 0.3) is 16.5 Å². The lowest BCUT2D eigenvalue weighted by molar-refractivity contribution is 0.102. The van der Waals surface area contributed by atoms with Crippen molar-refractivity contribution in [1.82, 2.24) is 34.7 Å². The molecule has 1 amide bonds. The topological polar surface area (TPSA) is 118 Å². The van der Waals surface area contributed by atoms with Crippen LogP contribution in [0.1, 0.15) is 34.9 Å². The Kier molecular flexibility index (Phi) is 4.51. The molecule has 11 heteroatoms. The summed E-state index contributed by atoms with van der Waals surface area (Å²) >= 11 is 1.36. The Balaban J connectivity index is 1.41. The summed E-state index contributed by atoms with van der Waals surface area (Å²) in [5, 5.41) is 11.8. The van der Waals surface area contributed by atoms with Crippen LogP contribution in [0, 0.1) is 0 Å². The van der Waals surface area contributed by atoms with Crippen molar-refractivity contribution in [3.8, 4) is 16.5 Å². The lowest BCUT2D eigenvalue weighted by Crippen LogP contribution is -2.17. The van der Waals surface area contributed by atoms with Gasteiger partial charge in [-0.2, -0.15) is 5.10 Å². The minimum Gasteiger partial charge on any atom is -0.375 e. The number of nitrogens with one attached hydrogen (secondary N) is 2. The van der Waals surface area contributed by atoms with Crippen LogP contribution < -0.4 is 10.2 Å². The Morgan fingerprint density at radius 1 is 1.30 bits per heavy atom. The fourth-order valence-electron chi connectivity index (χ4n) is 3.10. The number of anilines is 2. The summed E-state index contributed by atoms with van der Waals surface area (Å²) < 4.78 is 1.95. The van der Waals surface area contributed by atoms with Crippen LogP contribution in [0.5, 0.6) is 0 Å². The Morgan fingerprint density at radius 2 is 2.17 bits per heavy atom. The van der Waals surface area contributed by atoms with Crippen LogP contribution in [0.15, 0.2) is 36.5 Å². The molecule has 0 spiro atoms. The van der Waals surface area contributed by atoms with E-state index in [0.717, 1.165) is 17.1 Å². The number of carbonyl (C=O) groups excluding carboxylic acids is 1. The van der Waals surface area contributed by atoms with E-state index in [-0.39, 0.29) is 5.91 Å². The van der Waals surface area contributed by atoms with E-state index in [2.05, 4.69) is 35.5 Å². The summed E-state index contributed by atoms with van der Waals surface area (Å²) in [5.74, 6) is 1.22. The molecular weight excluding hydrogens is 402 g/mol. The molecule has 0 unspecified atom stereocenters. The highest BCUT2D eigenvalue weighted by molar-refractivity contribution is 7.13. The first kappa shape index (κ1) is 18.4. The van der Waals surface area contributed by atoms with Crippen LogP contribution in [0.3, 0.4) is 0 Å². The molecule has 0 bridgehead atoms. The maximum absolute atomic E-state index is 12.8. The molecule has 4 heterocycles. The van der Waals surface area contributed by atoms with Gasteiger partial charge in [0.05, 0.1) is 29.6 Å². The Hall–Kier alpha value is -3.60. The highest BCUT2D eigenvalue weighted by atomic mass is 32.1. The minimum atomic E-state index is -0.335. The van der Waals surface area contributed by atoms with E-state index < -0.39 is 0 Å². The van der Waals surface area contributed by atoms with Gasteiger partial charge in [-0.25, -0.2) is 19.9 Å². The molecule has 1 fully saturated rings. The third kappa shape index (κ3) is 3.54. The summed E-state index contributed by atoms with van der Waals surface area (Å²) in [6, 6.07) is 1.77. The van der Waals surface area contributed by atoms with Gasteiger partial charge >= 0.3 is 0 Å². The summed E-state index contributed by atoms with van der Waals surface area (Å²) in [5.41, 5.74) is 3.13. The van der Waals surface area contributed by atoms with E-state index in [4.69, 9.17) is 0 Å². The number of rotatable bonds is 6. The molecular formula is C19H19N9OS. The predicted molar refractivity (Wildman–Crippen MR) is 113 cm³/mol. The van der Waals surface area contributed by atoms with Crippen LogP contribution >= 0.6 is 11.3 Å². The molecule has 0 atom stereocenters. The van der Waals surface area contributed by atoms with E-state index in [0.29, 0.717) is 28.3 Å². The van der Waals surface area contributed by atoms with Crippen molar-refractivity contribution in [3.63, 3.8) is 0 Å². The number of imidazole rings is 1. The van der Waals surface area contributed by atoms with Gasteiger partial charge in [-0.3, -0.25) is 9.89 Å². The Labute approximate surface area is 176 Å². The van der Waals surface area contributed by atoms with Crippen LogP contribution in [-0.4, -0.2) is 54.7 Å². The lowest BCUT2D eigenvalue weighted by atomic mass is 10.2. The zero-order valence-electron chi connectivity index (χ0n) is 16.4. The monoisotopic (exact) mass is 421 g/mol. The summed E-state index contributed by atoms with van der Waals surface area (Å²) in [4.78, 5) is 32.1. The first-order valence-corrected chi connectivity index (χ1v) is 10.3. The van der Waals surface area contributed by atoms with Crippen molar-refractivity contribution in [2.24, 2.45) is 0 Å². The van der Waals surface area contributed by atoms with Crippen LogP contribution in [0.4, 0.5) is 11.5 Å². The SMILES string of the molecule is CN(C)c1cnc(C(=O)Nc2csc(-c3ncn[nH]3)n2)cc1-n1cnc(C2CC2)c1. The maximum atomic E-state index is 12.8. The van der Waals surface area contributed by atoms with Gasteiger partial charge in [0.25, 0.3) is 5.91 Å².